The molecule has 3 aromatic heterocycles. The minimum absolute atomic E-state index is 0.0423. The molecule has 0 amide bonds. The summed E-state index contributed by atoms with van der Waals surface area (Å²) in [5, 5.41) is 15.4. The predicted octanol–water partition coefficient (Wildman–Crippen LogP) is 4.35. The van der Waals surface area contributed by atoms with Gasteiger partial charge in [-0.1, -0.05) is 18.2 Å². The second kappa shape index (κ2) is 8.79. The van der Waals surface area contributed by atoms with E-state index >= 15 is 0 Å². The molecule has 0 saturated carbocycles. The number of rotatable bonds is 6. The maximum absolute atomic E-state index is 11.3. The Morgan fingerprint density at radius 3 is 2.73 bits per heavy atom. The van der Waals surface area contributed by atoms with Crippen molar-refractivity contribution in [1.82, 2.24) is 24.8 Å². The number of nitrogens with one attached hydrogen (secondary N) is 1. The van der Waals surface area contributed by atoms with Crippen molar-refractivity contribution in [2.24, 2.45) is 0 Å². The van der Waals surface area contributed by atoms with Gasteiger partial charge in [0.1, 0.15) is 0 Å². The van der Waals surface area contributed by atoms with Crippen LogP contribution in [0.15, 0.2) is 91.5 Å². The zero-order chi connectivity index (χ0) is 22.8. The van der Waals surface area contributed by atoms with Crippen molar-refractivity contribution >= 4 is 23.0 Å². The standard InChI is InChI=1S/C24H20N6O2S/c31-30(32)19-8-3-7-18(14-19)28-13-5-10-21(28)23-22(20-9-1-2-12-26-20)27-24(33)29(23)16-17-6-4-11-25-15-17/h1-15,22-23H,16H2,(H,27,33)/t22-,23-/m0/s1. The monoisotopic (exact) mass is 456 g/mol. The van der Waals surface area contributed by atoms with E-state index < -0.39 is 0 Å². The highest BCUT2D eigenvalue weighted by molar-refractivity contribution is 7.80. The maximum Gasteiger partial charge on any atom is 0.271 e. The number of non-ortho nitro benzene ring substituents is 1. The first-order chi connectivity index (χ1) is 16.1. The Hall–Kier alpha value is -4.11. The number of benzene rings is 1. The van der Waals surface area contributed by atoms with Crippen molar-refractivity contribution < 1.29 is 4.92 Å². The van der Waals surface area contributed by atoms with E-state index in [2.05, 4.69) is 20.2 Å². The summed E-state index contributed by atoms with van der Waals surface area (Å²) < 4.78 is 1.97. The van der Waals surface area contributed by atoms with E-state index in [1.54, 1.807) is 24.5 Å². The van der Waals surface area contributed by atoms with Gasteiger partial charge >= 0.3 is 0 Å². The van der Waals surface area contributed by atoms with Gasteiger partial charge in [-0.25, -0.2) is 0 Å². The highest BCUT2D eigenvalue weighted by Crippen LogP contribution is 2.40. The van der Waals surface area contributed by atoms with Crippen LogP contribution >= 0.6 is 12.2 Å². The number of aromatic nitrogens is 3. The van der Waals surface area contributed by atoms with Crippen LogP contribution in [0.4, 0.5) is 5.69 Å². The second-order valence-electron chi connectivity index (χ2n) is 7.70. The first kappa shape index (κ1) is 20.8. The lowest BCUT2D eigenvalue weighted by Crippen LogP contribution is -2.30. The summed E-state index contributed by atoms with van der Waals surface area (Å²) in [5.41, 5.74) is 3.60. The SMILES string of the molecule is O=[N+]([O-])c1cccc(-n2cccc2[C@H]2[C@H](c3ccccn3)NC(=S)N2Cc2cccnc2)c1. The van der Waals surface area contributed by atoms with Crippen LogP contribution in [0, 0.1) is 10.1 Å². The van der Waals surface area contributed by atoms with E-state index in [1.807, 2.05) is 65.5 Å². The van der Waals surface area contributed by atoms with Gasteiger partial charge in [0.15, 0.2) is 5.11 Å². The largest absolute Gasteiger partial charge is 0.352 e. The molecule has 1 saturated heterocycles. The van der Waals surface area contributed by atoms with Crippen LogP contribution in [0.3, 0.4) is 0 Å². The summed E-state index contributed by atoms with van der Waals surface area (Å²) in [7, 11) is 0. The minimum Gasteiger partial charge on any atom is -0.352 e. The van der Waals surface area contributed by atoms with E-state index in [0.29, 0.717) is 17.3 Å². The van der Waals surface area contributed by atoms with Crippen molar-refractivity contribution in [3.63, 3.8) is 0 Å². The molecule has 0 bridgehead atoms. The zero-order valence-electron chi connectivity index (χ0n) is 17.5. The van der Waals surface area contributed by atoms with Gasteiger partial charge in [0.2, 0.25) is 0 Å². The number of hydrogen-bond donors (Lipinski definition) is 1. The Morgan fingerprint density at radius 1 is 1.06 bits per heavy atom. The lowest BCUT2D eigenvalue weighted by atomic mass is 10.0. The molecule has 5 rings (SSSR count). The summed E-state index contributed by atoms with van der Waals surface area (Å²) in [4.78, 5) is 21.9. The fourth-order valence-corrected chi connectivity index (χ4v) is 4.52. The van der Waals surface area contributed by atoms with E-state index in [9.17, 15) is 10.1 Å². The lowest BCUT2D eigenvalue weighted by molar-refractivity contribution is -0.384. The molecular formula is C24H20N6O2S. The van der Waals surface area contributed by atoms with Gasteiger partial charge < -0.3 is 14.8 Å². The number of nitro benzene ring substituents is 1. The van der Waals surface area contributed by atoms with Gasteiger partial charge in [-0.2, -0.15) is 0 Å². The molecule has 1 aromatic carbocycles. The Morgan fingerprint density at radius 2 is 1.97 bits per heavy atom. The Labute approximate surface area is 195 Å². The number of thiocarbonyl (C=S) groups is 1. The van der Waals surface area contributed by atoms with E-state index in [4.69, 9.17) is 12.2 Å². The van der Waals surface area contributed by atoms with Crippen molar-refractivity contribution in [3.8, 4) is 5.69 Å². The quantitative estimate of drug-likeness (QED) is 0.262. The number of nitrogens with zero attached hydrogens (tertiary/aromatic N) is 5. The molecule has 1 N–H and O–H groups in total. The smallest absolute Gasteiger partial charge is 0.271 e. The predicted molar refractivity (Wildman–Crippen MR) is 128 cm³/mol. The number of pyridine rings is 2. The molecule has 33 heavy (non-hydrogen) atoms. The fraction of sp³-hybridized carbons (Fsp3) is 0.125. The first-order valence-corrected chi connectivity index (χ1v) is 10.8. The number of nitro groups is 1. The van der Waals surface area contributed by atoms with E-state index in [-0.39, 0.29) is 22.7 Å². The summed E-state index contributed by atoms with van der Waals surface area (Å²) >= 11 is 5.75. The first-order valence-electron chi connectivity index (χ1n) is 10.4. The highest BCUT2D eigenvalue weighted by atomic mass is 32.1. The van der Waals surface area contributed by atoms with Crippen LogP contribution in [0.2, 0.25) is 0 Å². The third-order valence-corrected chi connectivity index (χ3v) is 6.03. The molecule has 2 atom stereocenters. The van der Waals surface area contributed by atoms with E-state index in [0.717, 1.165) is 17.0 Å². The normalized spacial score (nSPS) is 17.7. The van der Waals surface area contributed by atoms with Crippen LogP contribution in [-0.4, -0.2) is 29.5 Å². The summed E-state index contributed by atoms with van der Waals surface area (Å²) in [6.07, 6.45) is 7.24. The van der Waals surface area contributed by atoms with Crippen molar-refractivity contribution in [2.75, 3.05) is 0 Å². The van der Waals surface area contributed by atoms with Gasteiger partial charge in [0, 0.05) is 49.2 Å². The van der Waals surface area contributed by atoms with Crippen LogP contribution in [-0.2, 0) is 6.54 Å². The second-order valence-corrected chi connectivity index (χ2v) is 8.08. The van der Waals surface area contributed by atoms with Crippen molar-refractivity contribution in [2.45, 2.75) is 18.6 Å². The van der Waals surface area contributed by atoms with Crippen LogP contribution in [0.1, 0.15) is 29.0 Å². The van der Waals surface area contributed by atoms with E-state index in [1.165, 1.54) is 6.07 Å². The molecule has 9 heteroatoms. The van der Waals surface area contributed by atoms with Gasteiger partial charge in [0.25, 0.3) is 5.69 Å². The molecule has 4 aromatic rings. The average Bonchev–Trinajstić information content (AvgIpc) is 3.45. The average molecular weight is 457 g/mol. The molecule has 164 valence electrons. The highest BCUT2D eigenvalue weighted by Gasteiger charge is 2.41. The van der Waals surface area contributed by atoms with Gasteiger partial charge in [-0.3, -0.25) is 20.1 Å². The molecule has 1 aliphatic rings. The molecular weight excluding hydrogens is 436 g/mol. The molecule has 8 nitrogen and oxygen atoms in total. The lowest BCUT2D eigenvalue weighted by Gasteiger charge is -2.29. The zero-order valence-corrected chi connectivity index (χ0v) is 18.3. The topological polar surface area (TPSA) is 89.1 Å². The fourth-order valence-electron chi connectivity index (χ4n) is 4.21. The van der Waals surface area contributed by atoms with Crippen LogP contribution < -0.4 is 5.32 Å². The van der Waals surface area contributed by atoms with Gasteiger partial charge in [-0.05, 0) is 54.2 Å². The van der Waals surface area contributed by atoms with Crippen molar-refractivity contribution in [3.05, 3.63) is 119 Å². The molecule has 0 aliphatic carbocycles. The third kappa shape index (κ3) is 4.06. The molecule has 1 aliphatic heterocycles. The Kier molecular flexibility index (Phi) is 5.54. The van der Waals surface area contributed by atoms with Crippen LogP contribution in [0.25, 0.3) is 5.69 Å². The summed E-state index contributed by atoms with van der Waals surface area (Å²) in [6.45, 7) is 0.563. The molecule has 1 fully saturated rings. The molecule has 4 heterocycles. The molecule has 0 radical (unpaired) electrons. The van der Waals surface area contributed by atoms with Crippen molar-refractivity contribution in [1.29, 1.82) is 0 Å². The van der Waals surface area contributed by atoms with Gasteiger partial charge in [0.05, 0.1) is 28.4 Å². The Balaban J connectivity index is 1.61. The molecule has 0 spiro atoms. The Bertz CT molecular complexity index is 1290. The summed E-state index contributed by atoms with van der Waals surface area (Å²) in [6, 6.07) is 19.9. The summed E-state index contributed by atoms with van der Waals surface area (Å²) in [5.74, 6) is 0. The van der Waals surface area contributed by atoms with Gasteiger partial charge in [-0.15, -0.1) is 0 Å². The minimum atomic E-state index is -0.385. The molecule has 0 unspecified atom stereocenters. The number of hydrogen-bond acceptors (Lipinski definition) is 5. The maximum atomic E-state index is 11.3. The third-order valence-electron chi connectivity index (χ3n) is 5.68. The van der Waals surface area contributed by atoms with Crippen LogP contribution in [0.5, 0.6) is 0 Å².